The molecule has 1 aromatic carbocycles. The second kappa shape index (κ2) is 7.44. The standard InChI is InChI=1S/C23H24N2O7/c26-16(27)11-23(22(30)31)18-17(20(28)25(21(18)29)13-7-2-1-3-8-13)19(24-23)15-10-12-6-4-5-9-14(12)32-15/h4-6,9-10,13,17-19,24H,1-3,7-8,11H2,(H,26,27)(H,30,31). The number of para-hydroxylation sites is 1. The molecule has 32 heavy (non-hydrogen) atoms. The first-order valence-electron chi connectivity index (χ1n) is 10.9. The average Bonchev–Trinajstić information content (AvgIpc) is 3.40. The van der Waals surface area contributed by atoms with E-state index in [2.05, 4.69) is 5.32 Å². The number of nitrogens with zero attached hydrogens (tertiary/aromatic N) is 1. The molecule has 2 amide bonds. The third-order valence-corrected chi connectivity index (χ3v) is 7.19. The number of imide groups is 1. The van der Waals surface area contributed by atoms with E-state index in [4.69, 9.17) is 4.42 Å². The lowest BCUT2D eigenvalue weighted by molar-refractivity contribution is -0.156. The second-order valence-electron chi connectivity index (χ2n) is 9.00. The molecule has 0 bridgehead atoms. The van der Waals surface area contributed by atoms with Crippen molar-refractivity contribution in [2.75, 3.05) is 0 Å². The maximum atomic E-state index is 13.6. The van der Waals surface area contributed by atoms with Crippen LogP contribution in [0, 0.1) is 11.8 Å². The lowest BCUT2D eigenvalue weighted by Crippen LogP contribution is -2.57. The molecule has 168 valence electrons. The molecule has 1 saturated carbocycles. The molecule has 9 nitrogen and oxygen atoms in total. The Bertz CT molecular complexity index is 1090. The molecule has 2 aromatic rings. The van der Waals surface area contributed by atoms with E-state index in [0.717, 1.165) is 24.6 Å². The van der Waals surface area contributed by atoms with Crippen LogP contribution in [0.15, 0.2) is 34.7 Å². The number of likely N-dealkylation sites (tertiary alicyclic amines) is 1. The number of benzene rings is 1. The first kappa shape index (κ1) is 20.7. The van der Waals surface area contributed by atoms with Gasteiger partial charge in [-0.1, -0.05) is 37.5 Å². The Morgan fingerprint density at radius 1 is 1.09 bits per heavy atom. The van der Waals surface area contributed by atoms with Gasteiger partial charge < -0.3 is 14.6 Å². The minimum absolute atomic E-state index is 0.276. The zero-order valence-electron chi connectivity index (χ0n) is 17.3. The fourth-order valence-corrected chi connectivity index (χ4v) is 5.80. The zero-order chi connectivity index (χ0) is 22.6. The van der Waals surface area contributed by atoms with E-state index in [1.807, 2.05) is 12.1 Å². The molecule has 4 unspecified atom stereocenters. The molecule has 0 spiro atoms. The smallest absolute Gasteiger partial charge is 0.325 e. The summed E-state index contributed by atoms with van der Waals surface area (Å²) in [5.74, 6) is -5.90. The van der Waals surface area contributed by atoms with Crippen LogP contribution >= 0.6 is 0 Å². The van der Waals surface area contributed by atoms with Crippen LogP contribution in [0.2, 0.25) is 0 Å². The second-order valence-corrected chi connectivity index (χ2v) is 9.00. The Kier molecular flexibility index (Phi) is 4.81. The van der Waals surface area contributed by atoms with E-state index >= 15 is 0 Å². The van der Waals surface area contributed by atoms with Crippen molar-refractivity contribution in [2.24, 2.45) is 11.8 Å². The summed E-state index contributed by atoms with van der Waals surface area (Å²) in [5, 5.41) is 23.3. The topological polar surface area (TPSA) is 137 Å². The number of fused-ring (bicyclic) bond motifs is 2. The van der Waals surface area contributed by atoms with E-state index < -0.39 is 53.6 Å². The van der Waals surface area contributed by atoms with Gasteiger partial charge in [0.25, 0.3) is 0 Å². The first-order chi connectivity index (χ1) is 15.3. The van der Waals surface area contributed by atoms with Crippen molar-refractivity contribution < 1.29 is 33.8 Å². The fourth-order valence-electron chi connectivity index (χ4n) is 5.80. The van der Waals surface area contributed by atoms with Crippen molar-refractivity contribution in [2.45, 2.75) is 56.1 Å². The SMILES string of the molecule is O=C(O)CC1(C(=O)O)NC(c2cc3ccccc3o2)C2C(=O)N(C3CCCCC3)C(=O)C21. The Morgan fingerprint density at radius 2 is 1.81 bits per heavy atom. The Hall–Kier alpha value is -3.20. The number of carbonyl (C=O) groups is 4. The van der Waals surface area contributed by atoms with Crippen molar-refractivity contribution in [3.8, 4) is 0 Å². The zero-order valence-corrected chi connectivity index (χ0v) is 17.3. The minimum Gasteiger partial charge on any atom is -0.481 e. The van der Waals surface area contributed by atoms with Crippen LogP contribution in [0.4, 0.5) is 0 Å². The predicted molar refractivity (Wildman–Crippen MR) is 110 cm³/mol. The van der Waals surface area contributed by atoms with Crippen molar-refractivity contribution >= 4 is 34.7 Å². The van der Waals surface area contributed by atoms with Crippen LogP contribution in [0.1, 0.15) is 50.3 Å². The van der Waals surface area contributed by atoms with Gasteiger partial charge in [0.05, 0.1) is 24.3 Å². The third-order valence-electron chi connectivity index (χ3n) is 7.19. The summed E-state index contributed by atoms with van der Waals surface area (Å²) in [7, 11) is 0. The normalized spacial score (nSPS) is 30.8. The number of hydrogen-bond donors (Lipinski definition) is 3. The first-order valence-corrected chi connectivity index (χ1v) is 10.9. The Balaban J connectivity index is 1.62. The quantitative estimate of drug-likeness (QED) is 0.603. The van der Waals surface area contributed by atoms with Gasteiger partial charge in [0, 0.05) is 11.4 Å². The largest absolute Gasteiger partial charge is 0.481 e. The van der Waals surface area contributed by atoms with Crippen LogP contribution in [0.5, 0.6) is 0 Å². The van der Waals surface area contributed by atoms with Crippen molar-refractivity contribution in [3.05, 3.63) is 36.1 Å². The van der Waals surface area contributed by atoms with Crippen molar-refractivity contribution in [1.82, 2.24) is 10.2 Å². The predicted octanol–water partition coefficient (Wildman–Crippen LogP) is 2.31. The van der Waals surface area contributed by atoms with Crippen LogP contribution < -0.4 is 5.32 Å². The van der Waals surface area contributed by atoms with Gasteiger partial charge in [0.2, 0.25) is 11.8 Å². The van der Waals surface area contributed by atoms with Gasteiger partial charge in [0.15, 0.2) is 0 Å². The van der Waals surface area contributed by atoms with Crippen LogP contribution in [-0.4, -0.2) is 50.4 Å². The molecule has 1 aromatic heterocycles. The van der Waals surface area contributed by atoms with Gasteiger partial charge in [-0.3, -0.25) is 29.4 Å². The maximum Gasteiger partial charge on any atom is 0.325 e. The number of carboxylic acid groups (broad SMARTS) is 2. The number of carbonyl (C=O) groups excluding carboxylic acids is 2. The lowest BCUT2D eigenvalue weighted by atomic mass is 9.78. The number of rotatable bonds is 5. The summed E-state index contributed by atoms with van der Waals surface area (Å²) in [5.41, 5.74) is -1.54. The lowest BCUT2D eigenvalue weighted by Gasteiger charge is -2.33. The highest BCUT2D eigenvalue weighted by atomic mass is 16.4. The van der Waals surface area contributed by atoms with Gasteiger partial charge in [-0.2, -0.15) is 0 Å². The van der Waals surface area contributed by atoms with Crippen LogP contribution in [0.3, 0.4) is 0 Å². The summed E-state index contributed by atoms with van der Waals surface area (Å²) in [6.07, 6.45) is 3.35. The summed E-state index contributed by atoms with van der Waals surface area (Å²) in [4.78, 5) is 52.4. The molecule has 5 rings (SSSR count). The molecule has 9 heteroatoms. The number of nitrogens with one attached hydrogen (secondary N) is 1. The molecular formula is C23H24N2O7. The van der Waals surface area contributed by atoms with Crippen LogP contribution in [0.25, 0.3) is 11.0 Å². The number of carboxylic acids is 2. The number of amides is 2. The number of furan rings is 1. The van der Waals surface area contributed by atoms with E-state index in [9.17, 15) is 29.4 Å². The summed E-state index contributed by atoms with van der Waals surface area (Å²) in [6, 6.07) is 7.71. The summed E-state index contributed by atoms with van der Waals surface area (Å²) in [6.45, 7) is 0. The van der Waals surface area contributed by atoms with E-state index in [0.29, 0.717) is 24.2 Å². The highest BCUT2D eigenvalue weighted by Gasteiger charge is 2.70. The fraction of sp³-hybridized carbons (Fsp3) is 0.478. The summed E-state index contributed by atoms with van der Waals surface area (Å²) < 4.78 is 5.92. The molecule has 0 radical (unpaired) electrons. The number of aliphatic carboxylic acids is 2. The molecule has 3 heterocycles. The molecule has 1 aliphatic carbocycles. The molecule has 2 aliphatic heterocycles. The van der Waals surface area contributed by atoms with Gasteiger partial charge in [-0.25, -0.2) is 0 Å². The molecular weight excluding hydrogens is 416 g/mol. The van der Waals surface area contributed by atoms with Gasteiger partial charge in [-0.05, 0) is 25.0 Å². The summed E-state index contributed by atoms with van der Waals surface area (Å²) >= 11 is 0. The maximum absolute atomic E-state index is 13.6. The number of hydrogen-bond acceptors (Lipinski definition) is 6. The van der Waals surface area contributed by atoms with Crippen molar-refractivity contribution in [1.29, 1.82) is 0 Å². The third kappa shape index (κ3) is 2.95. The Labute approximate surface area is 183 Å². The molecule has 2 saturated heterocycles. The van der Waals surface area contributed by atoms with Gasteiger partial charge in [0.1, 0.15) is 16.9 Å². The highest BCUT2D eigenvalue weighted by Crippen LogP contribution is 2.51. The highest BCUT2D eigenvalue weighted by molar-refractivity contribution is 6.10. The molecule has 3 N–H and O–H groups in total. The van der Waals surface area contributed by atoms with E-state index in [1.54, 1.807) is 18.2 Å². The van der Waals surface area contributed by atoms with Gasteiger partial charge >= 0.3 is 11.9 Å². The van der Waals surface area contributed by atoms with E-state index in [-0.39, 0.29) is 6.04 Å². The van der Waals surface area contributed by atoms with Gasteiger partial charge in [-0.15, -0.1) is 0 Å². The monoisotopic (exact) mass is 440 g/mol. The molecule has 4 atom stereocenters. The van der Waals surface area contributed by atoms with Crippen LogP contribution in [-0.2, 0) is 19.2 Å². The molecule has 3 fully saturated rings. The average molecular weight is 440 g/mol. The molecule has 3 aliphatic rings. The van der Waals surface area contributed by atoms with E-state index in [1.165, 1.54) is 4.90 Å². The van der Waals surface area contributed by atoms with Crippen molar-refractivity contribution in [3.63, 3.8) is 0 Å². The Morgan fingerprint density at radius 3 is 2.47 bits per heavy atom. The minimum atomic E-state index is -2.10.